The highest BCUT2D eigenvalue weighted by Crippen LogP contribution is 2.43. The summed E-state index contributed by atoms with van der Waals surface area (Å²) in [5, 5.41) is 0.453. The fourth-order valence-electron chi connectivity index (χ4n) is 2.85. The van der Waals surface area contributed by atoms with E-state index in [0.717, 1.165) is 19.3 Å². The lowest BCUT2D eigenvalue weighted by Crippen LogP contribution is -2.44. The molecule has 1 aliphatic rings. The van der Waals surface area contributed by atoms with Crippen LogP contribution < -0.4 is 5.73 Å². The minimum atomic E-state index is -0.603. The summed E-state index contributed by atoms with van der Waals surface area (Å²) >= 11 is 6.12. The molecule has 0 radical (unpaired) electrons. The van der Waals surface area contributed by atoms with Gasteiger partial charge in [0.1, 0.15) is 5.82 Å². The molecule has 3 unspecified atom stereocenters. The Balaban J connectivity index is 2.39. The van der Waals surface area contributed by atoms with Gasteiger partial charge in [-0.3, -0.25) is 0 Å². The second-order valence-corrected chi connectivity index (χ2v) is 5.86. The number of benzene rings is 1. The molecule has 2 rings (SSSR count). The van der Waals surface area contributed by atoms with Crippen molar-refractivity contribution in [3.8, 4) is 0 Å². The molecule has 0 aromatic heterocycles. The summed E-state index contributed by atoms with van der Waals surface area (Å²) in [4.78, 5) is 0. The zero-order valence-electron chi connectivity index (χ0n) is 10.3. The highest BCUT2D eigenvalue weighted by Gasteiger charge is 2.38. The summed E-state index contributed by atoms with van der Waals surface area (Å²) in [5.41, 5.74) is 6.31. The lowest BCUT2D eigenvalue weighted by atomic mass is 9.69. The highest BCUT2D eigenvalue weighted by molar-refractivity contribution is 6.31. The van der Waals surface area contributed by atoms with E-state index >= 15 is 0 Å². The van der Waals surface area contributed by atoms with Crippen LogP contribution in [0, 0.1) is 17.7 Å². The van der Waals surface area contributed by atoms with E-state index in [4.69, 9.17) is 17.3 Å². The standard InChI is InChI=1S/C14H19ClFN/c1-9-6-7-14(17,8-10(9)2)13-11(15)4-3-5-12(13)16/h3-5,9-10H,6-8,17H2,1-2H3. The van der Waals surface area contributed by atoms with Crippen molar-refractivity contribution in [3.05, 3.63) is 34.6 Å². The average molecular weight is 256 g/mol. The number of halogens is 2. The van der Waals surface area contributed by atoms with Crippen LogP contribution in [0.3, 0.4) is 0 Å². The quantitative estimate of drug-likeness (QED) is 0.804. The zero-order valence-corrected chi connectivity index (χ0v) is 11.1. The van der Waals surface area contributed by atoms with Gasteiger partial charge in [0.15, 0.2) is 0 Å². The van der Waals surface area contributed by atoms with Crippen molar-refractivity contribution in [3.63, 3.8) is 0 Å². The molecule has 1 aromatic carbocycles. The van der Waals surface area contributed by atoms with E-state index in [-0.39, 0.29) is 5.82 Å². The third-order valence-electron chi connectivity index (χ3n) is 4.16. The third-order valence-corrected chi connectivity index (χ3v) is 4.48. The first kappa shape index (κ1) is 12.8. The van der Waals surface area contributed by atoms with Gasteiger partial charge in [-0.1, -0.05) is 31.5 Å². The maximum absolute atomic E-state index is 13.9. The van der Waals surface area contributed by atoms with E-state index in [1.807, 2.05) is 0 Å². The fourth-order valence-corrected chi connectivity index (χ4v) is 3.20. The van der Waals surface area contributed by atoms with Crippen molar-refractivity contribution in [1.82, 2.24) is 0 Å². The minimum Gasteiger partial charge on any atom is -0.321 e. The Bertz CT molecular complexity index is 400. The van der Waals surface area contributed by atoms with E-state index in [2.05, 4.69) is 13.8 Å². The van der Waals surface area contributed by atoms with E-state index in [0.29, 0.717) is 22.4 Å². The lowest BCUT2D eigenvalue weighted by Gasteiger charge is -2.41. The molecule has 0 heterocycles. The molecule has 0 spiro atoms. The van der Waals surface area contributed by atoms with Crippen LogP contribution in [0.1, 0.15) is 38.7 Å². The normalized spacial score (nSPS) is 33.7. The molecule has 1 nitrogen and oxygen atoms in total. The third kappa shape index (κ3) is 2.34. The average Bonchev–Trinajstić information content (AvgIpc) is 2.24. The molecule has 1 fully saturated rings. The summed E-state index contributed by atoms with van der Waals surface area (Å²) in [6, 6.07) is 4.79. The Kier molecular flexibility index (Phi) is 3.46. The first-order valence-electron chi connectivity index (χ1n) is 6.17. The Hall–Kier alpha value is -0.600. The second-order valence-electron chi connectivity index (χ2n) is 5.45. The molecule has 3 heteroatoms. The summed E-state index contributed by atoms with van der Waals surface area (Å²) in [6.07, 6.45) is 2.64. The summed E-state index contributed by atoms with van der Waals surface area (Å²) in [7, 11) is 0. The smallest absolute Gasteiger partial charge is 0.129 e. The van der Waals surface area contributed by atoms with Gasteiger partial charge in [0.25, 0.3) is 0 Å². The fraction of sp³-hybridized carbons (Fsp3) is 0.571. The summed E-state index contributed by atoms with van der Waals surface area (Å²) < 4.78 is 13.9. The maximum atomic E-state index is 13.9. The molecule has 0 bridgehead atoms. The number of rotatable bonds is 1. The molecule has 1 aliphatic carbocycles. The van der Waals surface area contributed by atoms with Gasteiger partial charge in [0.2, 0.25) is 0 Å². The highest BCUT2D eigenvalue weighted by atomic mass is 35.5. The van der Waals surface area contributed by atoms with Gasteiger partial charge in [0.05, 0.1) is 0 Å². The van der Waals surface area contributed by atoms with Crippen LogP contribution in [0.25, 0.3) is 0 Å². The Morgan fingerprint density at radius 2 is 2.06 bits per heavy atom. The molecular weight excluding hydrogens is 237 g/mol. The summed E-state index contributed by atoms with van der Waals surface area (Å²) in [5.74, 6) is 0.878. The topological polar surface area (TPSA) is 26.0 Å². The van der Waals surface area contributed by atoms with Crippen LogP contribution in [0.2, 0.25) is 5.02 Å². The van der Waals surface area contributed by atoms with Crippen molar-refractivity contribution in [2.75, 3.05) is 0 Å². The Morgan fingerprint density at radius 3 is 2.65 bits per heavy atom. The van der Waals surface area contributed by atoms with Crippen LogP contribution in [0.5, 0.6) is 0 Å². The molecule has 2 N–H and O–H groups in total. The predicted molar refractivity (Wildman–Crippen MR) is 69.5 cm³/mol. The van der Waals surface area contributed by atoms with Crippen LogP contribution >= 0.6 is 11.6 Å². The molecule has 94 valence electrons. The molecule has 3 atom stereocenters. The van der Waals surface area contributed by atoms with Crippen LogP contribution in [0.15, 0.2) is 18.2 Å². The molecule has 0 amide bonds. The number of hydrogen-bond acceptors (Lipinski definition) is 1. The van der Waals surface area contributed by atoms with Gasteiger partial charge in [-0.2, -0.15) is 0 Å². The molecule has 0 aliphatic heterocycles. The predicted octanol–water partition coefficient (Wildman–Crippen LogP) is 4.09. The van der Waals surface area contributed by atoms with Gasteiger partial charge in [-0.05, 0) is 43.2 Å². The van der Waals surface area contributed by atoms with Gasteiger partial charge in [-0.15, -0.1) is 0 Å². The van der Waals surface area contributed by atoms with Crippen molar-refractivity contribution >= 4 is 11.6 Å². The van der Waals surface area contributed by atoms with Gasteiger partial charge in [0, 0.05) is 16.1 Å². The lowest BCUT2D eigenvalue weighted by molar-refractivity contribution is 0.173. The van der Waals surface area contributed by atoms with Crippen molar-refractivity contribution in [2.45, 2.75) is 38.6 Å². The van der Waals surface area contributed by atoms with Gasteiger partial charge in [-0.25, -0.2) is 4.39 Å². The van der Waals surface area contributed by atoms with E-state index < -0.39 is 5.54 Å². The second kappa shape index (κ2) is 4.58. The Labute approximate surface area is 107 Å². The molecule has 1 aromatic rings. The monoisotopic (exact) mass is 255 g/mol. The van der Waals surface area contributed by atoms with Crippen LogP contribution in [-0.2, 0) is 5.54 Å². The molecule has 17 heavy (non-hydrogen) atoms. The van der Waals surface area contributed by atoms with Crippen molar-refractivity contribution in [2.24, 2.45) is 17.6 Å². The SMILES string of the molecule is CC1CCC(N)(c2c(F)cccc2Cl)CC1C. The van der Waals surface area contributed by atoms with Crippen LogP contribution in [-0.4, -0.2) is 0 Å². The first-order valence-corrected chi connectivity index (χ1v) is 6.55. The Morgan fingerprint density at radius 1 is 1.35 bits per heavy atom. The zero-order chi connectivity index (χ0) is 12.6. The van der Waals surface area contributed by atoms with Crippen LogP contribution in [0.4, 0.5) is 4.39 Å². The first-order chi connectivity index (χ1) is 7.94. The summed E-state index contributed by atoms with van der Waals surface area (Å²) in [6.45, 7) is 4.41. The molecule has 1 saturated carbocycles. The minimum absolute atomic E-state index is 0.276. The maximum Gasteiger partial charge on any atom is 0.129 e. The number of nitrogens with two attached hydrogens (primary N) is 1. The van der Waals surface area contributed by atoms with Crippen molar-refractivity contribution in [1.29, 1.82) is 0 Å². The van der Waals surface area contributed by atoms with E-state index in [1.165, 1.54) is 6.07 Å². The molecule has 0 saturated heterocycles. The number of hydrogen-bond donors (Lipinski definition) is 1. The van der Waals surface area contributed by atoms with E-state index in [1.54, 1.807) is 12.1 Å². The van der Waals surface area contributed by atoms with E-state index in [9.17, 15) is 4.39 Å². The molecular formula is C14H19ClFN. The van der Waals surface area contributed by atoms with Gasteiger partial charge < -0.3 is 5.73 Å². The largest absolute Gasteiger partial charge is 0.321 e. The van der Waals surface area contributed by atoms with Gasteiger partial charge >= 0.3 is 0 Å². The van der Waals surface area contributed by atoms with Crippen molar-refractivity contribution < 1.29 is 4.39 Å².